The topological polar surface area (TPSA) is 66.7 Å². The fourth-order valence-corrected chi connectivity index (χ4v) is 3.28. The van der Waals surface area contributed by atoms with Gasteiger partial charge in [0.2, 0.25) is 0 Å². The van der Waals surface area contributed by atoms with Crippen molar-refractivity contribution < 1.29 is 13.6 Å². The summed E-state index contributed by atoms with van der Waals surface area (Å²) >= 11 is 0. The average molecular weight is 317 g/mol. The second-order valence-electron chi connectivity index (χ2n) is 5.02. The molecule has 0 aliphatic heterocycles. The molecule has 1 N–H and O–H groups in total. The zero-order chi connectivity index (χ0) is 16.2. The molecule has 1 atom stereocenters. The Hall–Kier alpha value is -2.14. The second kappa shape index (κ2) is 6.75. The van der Waals surface area contributed by atoms with E-state index in [4.69, 9.17) is 0 Å². The summed E-state index contributed by atoms with van der Waals surface area (Å²) in [6.07, 6.45) is 0. The van der Waals surface area contributed by atoms with E-state index < -0.39 is 15.1 Å². The molecular formula is C17H19NO3S. The van der Waals surface area contributed by atoms with Gasteiger partial charge in [0.05, 0.1) is 0 Å². The van der Waals surface area contributed by atoms with Crippen molar-refractivity contribution in [2.45, 2.75) is 19.1 Å². The second-order valence-corrected chi connectivity index (χ2v) is 7.63. The van der Waals surface area contributed by atoms with Crippen molar-refractivity contribution in [2.75, 3.05) is 5.75 Å². The molecule has 2 aromatic rings. The summed E-state index contributed by atoms with van der Waals surface area (Å²) in [7, 11) is -3.31. The molecule has 2 rings (SSSR count). The van der Waals surface area contributed by atoms with E-state index in [1.165, 1.54) is 0 Å². The first-order valence-corrected chi connectivity index (χ1v) is 8.80. The van der Waals surface area contributed by atoms with Crippen LogP contribution >= 0.6 is 0 Å². The molecule has 0 saturated heterocycles. The molecule has 0 bridgehead atoms. The predicted octanol–water partition coefficient (Wildman–Crippen LogP) is 3.36. The molecule has 5 heteroatoms. The zero-order valence-electron chi connectivity index (χ0n) is 12.6. The Balaban J connectivity index is 2.33. The van der Waals surface area contributed by atoms with Crippen LogP contribution in [0.5, 0.6) is 0 Å². The lowest BCUT2D eigenvalue weighted by Crippen LogP contribution is -2.29. The van der Waals surface area contributed by atoms with Crippen LogP contribution in [0, 0.1) is 0 Å². The van der Waals surface area contributed by atoms with Gasteiger partial charge < -0.3 is 5.21 Å². The van der Waals surface area contributed by atoms with Crippen molar-refractivity contribution in [3.63, 3.8) is 0 Å². The van der Waals surface area contributed by atoms with Gasteiger partial charge in [-0.1, -0.05) is 66.7 Å². The standard InChI is InChI=1S/C17H19NO3S/c1-3-22(20,21)13(2)17(18-19)16-11-9-15(10-12-16)14-7-5-4-6-8-14/h4-13,19H,3H2,1-2H3/b18-17+/t13-/m1/s1. The van der Waals surface area contributed by atoms with Crippen LogP contribution < -0.4 is 0 Å². The Morgan fingerprint density at radius 3 is 2.09 bits per heavy atom. The van der Waals surface area contributed by atoms with E-state index in [1.54, 1.807) is 26.0 Å². The molecule has 0 radical (unpaired) electrons. The minimum Gasteiger partial charge on any atom is -0.411 e. The zero-order valence-corrected chi connectivity index (χ0v) is 13.4. The van der Waals surface area contributed by atoms with Gasteiger partial charge >= 0.3 is 0 Å². The van der Waals surface area contributed by atoms with E-state index in [9.17, 15) is 13.6 Å². The molecule has 0 unspecified atom stereocenters. The lowest BCUT2D eigenvalue weighted by atomic mass is 10.0. The Morgan fingerprint density at radius 2 is 1.59 bits per heavy atom. The molecule has 0 saturated carbocycles. The first-order valence-electron chi connectivity index (χ1n) is 7.09. The average Bonchev–Trinajstić information content (AvgIpc) is 2.57. The highest BCUT2D eigenvalue weighted by molar-refractivity contribution is 7.92. The summed E-state index contributed by atoms with van der Waals surface area (Å²) in [6.45, 7) is 3.12. The third-order valence-corrected chi connectivity index (χ3v) is 5.83. The van der Waals surface area contributed by atoms with Crippen LogP contribution in [0.2, 0.25) is 0 Å². The van der Waals surface area contributed by atoms with Crippen LogP contribution in [-0.4, -0.2) is 30.3 Å². The Morgan fingerprint density at radius 1 is 1.05 bits per heavy atom. The quantitative estimate of drug-likeness (QED) is 0.522. The number of benzene rings is 2. The summed E-state index contributed by atoms with van der Waals surface area (Å²) in [5.41, 5.74) is 2.87. The minimum absolute atomic E-state index is 0.00921. The summed E-state index contributed by atoms with van der Waals surface area (Å²) in [5, 5.41) is 11.6. The van der Waals surface area contributed by atoms with Gasteiger partial charge in [-0.3, -0.25) is 0 Å². The summed E-state index contributed by atoms with van der Waals surface area (Å²) < 4.78 is 23.9. The van der Waals surface area contributed by atoms with Crippen LogP contribution in [0.3, 0.4) is 0 Å². The molecular weight excluding hydrogens is 298 g/mol. The summed E-state index contributed by atoms with van der Waals surface area (Å²) in [6, 6.07) is 17.2. The van der Waals surface area contributed by atoms with Gasteiger partial charge in [0.1, 0.15) is 11.0 Å². The molecule has 0 fully saturated rings. The number of hydrogen-bond acceptors (Lipinski definition) is 4. The highest BCUT2D eigenvalue weighted by atomic mass is 32.2. The van der Waals surface area contributed by atoms with Crippen molar-refractivity contribution in [3.8, 4) is 11.1 Å². The molecule has 4 nitrogen and oxygen atoms in total. The predicted molar refractivity (Wildman–Crippen MR) is 89.1 cm³/mol. The summed E-state index contributed by atoms with van der Waals surface area (Å²) in [4.78, 5) is 0. The molecule has 0 aliphatic rings. The van der Waals surface area contributed by atoms with Crippen LogP contribution in [0.1, 0.15) is 19.4 Å². The maximum absolute atomic E-state index is 12.0. The smallest absolute Gasteiger partial charge is 0.158 e. The van der Waals surface area contributed by atoms with E-state index in [0.717, 1.165) is 11.1 Å². The van der Waals surface area contributed by atoms with Gasteiger partial charge in [0, 0.05) is 11.3 Å². The molecule has 0 aliphatic carbocycles. The molecule has 0 amide bonds. The third kappa shape index (κ3) is 3.36. The largest absolute Gasteiger partial charge is 0.411 e. The Labute approximate surface area is 131 Å². The van der Waals surface area contributed by atoms with Crippen LogP contribution in [0.15, 0.2) is 59.8 Å². The van der Waals surface area contributed by atoms with E-state index in [-0.39, 0.29) is 11.5 Å². The van der Waals surface area contributed by atoms with Gasteiger partial charge in [0.25, 0.3) is 0 Å². The van der Waals surface area contributed by atoms with Gasteiger partial charge in [-0.2, -0.15) is 0 Å². The number of nitrogens with zero attached hydrogens (tertiary/aromatic N) is 1. The monoisotopic (exact) mass is 317 g/mol. The highest BCUT2D eigenvalue weighted by Crippen LogP contribution is 2.21. The first kappa shape index (κ1) is 16.2. The first-order chi connectivity index (χ1) is 10.5. The van der Waals surface area contributed by atoms with Crippen molar-refractivity contribution in [2.24, 2.45) is 5.16 Å². The van der Waals surface area contributed by atoms with Gasteiger partial charge in [-0.25, -0.2) is 8.42 Å². The molecule has 116 valence electrons. The van der Waals surface area contributed by atoms with Crippen LogP contribution in [0.4, 0.5) is 0 Å². The molecule has 0 spiro atoms. The van der Waals surface area contributed by atoms with Crippen LogP contribution in [-0.2, 0) is 9.84 Å². The lowest BCUT2D eigenvalue weighted by Gasteiger charge is -2.14. The van der Waals surface area contributed by atoms with Crippen molar-refractivity contribution in [1.29, 1.82) is 0 Å². The lowest BCUT2D eigenvalue weighted by molar-refractivity contribution is 0.318. The minimum atomic E-state index is -3.31. The van der Waals surface area contributed by atoms with Gasteiger partial charge in [0.15, 0.2) is 9.84 Å². The fourth-order valence-electron chi connectivity index (χ4n) is 2.26. The maximum atomic E-state index is 12.0. The Bertz CT molecular complexity index is 750. The van der Waals surface area contributed by atoms with E-state index in [0.29, 0.717) is 5.56 Å². The van der Waals surface area contributed by atoms with E-state index >= 15 is 0 Å². The number of rotatable bonds is 5. The molecule has 0 aromatic heterocycles. The van der Waals surface area contributed by atoms with Crippen molar-refractivity contribution >= 4 is 15.5 Å². The van der Waals surface area contributed by atoms with Crippen LogP contribution in [0.25, 0.3) is 11.1 Å². The van der Waals surface area contributed by atoms with Crippen molar-refractivity contribution in [1.82, 2.24) is 0 Å². The molecule has 0 heterocycles. The number of sulfone groups is 1. The fraction of sp³-hybridized carbons (Fsp3) is 0.235. The molecule has 2 aromatic carbocycles. The summed E-state index contributed by atoms with van der Waals surface area (Å²) in [5.74, 6) is 0.00921. The van der Waals surface area contributed by atoms with E-state index in [1.807, 2.05) is 42.5 Å². The third-order valence-electron chi connectivity index (χ3n) is 3.72. The number of hydrogen-bond donors (Lipinski definition) is 1. The highest BCUT2D eigenvalue weighted by Gasteiger charge is 2.26. The van der Waals surface area contributed by atoms with Gasteiger partial charge in [-0.15, -0.1) is 0 Å². The van der Waals surface area contributed by atoms with E-state index in [2.05, 4.69) is 5.16 Å². The SMILES string of the molecule is CCS(=O)(=O)[C@H](C)/C(=N\O)c1ccc(-c2ccccc2)cc1. The number of oxime groups is 1. The van der Waals surface area contributed by atoms with Gasteiger partial charge in [-0.05, 0) is 18.1 Å². The van der Waals surface area contributed by atoms with Crippen molar-refractivity contribution in [3.05, 3.63) is 60.2 Å². The normalized spacial score (nSPS) is 13.8. The maximum Gasteiger partial charge on any atom is 0.158 e. The molecule has 22 heavy (non-hydrogen) atoms. The Kier molecular flexibility index (Phi) is 4.98.